The molecule has 1 heterocycles. The molecule has 0 atom stereocenters. The molecule has 1 rings (SSSR count). The lowest BCUT2D eigenvalue weighted by Crippen LogP contribution is -2.10. The number of aromatic nitrogens is 1. The number of nitrogens with zero attached hydrogens (tertiary/aromatic N) is 1. The number of aliphatic hydroxyl groups excluding tert-OH is 1. The van der Waals surface area contributed by atoms with E-state index in [2.05, 4.69) is 4.98 Å². The van der Waals surface area contributed by atoms with Crippen LogP contribution in [0.2, 0.25) is 0 Å². The number of aryl methyl sites for hydroxylation is 1. The van der Waals surface area contributed by atoms with Gasteiger partial charge in [-0.05, 0) is 13.0 Å². The summed E-state index contributed by atoms with van der Waals surface area (Å²) in [6, 6.07) is 3.81. The third-order valence-corrected chi connectivity index (χ3v) is 1.66. The molecule has 0 radical (unpaired) electrons. The maximum atomic E-state index is 8.45. The minimum absolute atomic E-state index is 0.0443. The fourth-order valence-electron chi connectivity index (χ4n) is 0.986. The van der Waals surface area contributed by atoms with E-state index in [-0.39, 0.29) is 6.61 Å². The smallest absolute Gasteiger partial charge is 0.216 e. The molecular formula is C10H15NO3. The Morgan fingerprint density at radius 1 is 1.36 bits per heavy atom. The average Bonchev–Trinajstić information content (AvgIpc) is 2.20. The van der Waals surface area contributed by atoms with Crippen LogP contribution in [0.3, 0.4) is 0 Å². The molecule has 0 bridgehead atoms. The molecule has 0 aliphatic carbocycles. The molecule has 1 aromatic rings. The van der Waals surface area contributed by atoms with Crippen LogP contribution in [0.5, 0.6) is 5.88 Å². The summed E-state index contributed by atoms with van der Waals surface area (Å²) in [5, 5.41) is 8.45. The van der Waals surface area contributed by atoms with Gasteiger partial charge in [-0.3, -0.25) is 0 Å². The first-order valence-electron chi connectivity index (χ1n) is 4.57. The Morgan fingerprint density at radius 3 is 2.93 bits per heavy atom. The van der Waals surface area contributed by atoms with Crippen LogP contribution in [-0.2, 0) is 4.74 Å². The number of hydrogen-bond donors (Lipinski definition) is 1. The van der Waals surface area contributed by atoms with Crippen LogP contribution in [0, 0.1) is 6.92 Å². The number of aliphatic hydroxyl groups is 1. The van der Waals surface area contributed by atoms with E-state index in [4.69, 9.17) is 14.6 Å². The summed E-state index contributed by atoms with van der Waals surface area (Å²) in [7, 11) is 0. The Morgan fingerprint density at radius 2 is 2.21 bits per heavy atom. The maximum Gasteiger partial charge on any atom is 0.216 e. The third-order valence-electron chi connectivity index (χ3n) is 1.66. The van der Waals surface area contributed by atoms with Gasteiger partial charge in [0.15, 0.2) is 0 Å². The van der Waals surface area contributed by atoms with Crippen molar-refractivity contribution in [1.82, 2.24) is 4.98 Å². The highest BCUT2D eigenvalue weighted by atomic mass is 16.5. The molecule has 0 unspecified atom stereocenters. The van der Waals surface area contributed by atoms with Crippen LogP contribution >= 0.6 is 0 Å². The van der Waals surface area contributed by atoms with E-state index in [1.54, 1.807) is 6.20 Å². The molecule has 0 aliphatic heterocycles. The van der Waals surface area contributed by atoms with E-state index in [0.717, 1.165) is 5.56 Å². The maximum absolute atomic E-state index is 8.45. The molecular weight excluding hydrogens is 182 g/mol. The average molecular weight is 197 g/mol. The molecule has 1 aromatic heterocycles. The number of ether oxygens (including phenoxy) is 2. The number of rotatable bonds is 6. The van der Waals surface area contributed by atoms with Gasteiger partial charge in [-0.15, -0.1) is 0 Å². The lowest BCUT2D eigenvalue weighted by atomic mass is 10.3. The van der Waals surface area contributed by atoms with Crippen molar-refractivity contribution in [3.8, 4) is 5.88 Å². The van der Waals surface area contributed by atoms with Gasteiger partial charge in [-0.1, -0.05) is 6.07 Å². The van der Waals surface area contributed by atoms with Crippen LogP contribution in [0.15, 0.2) is 18.3 Å². The van der Waals surface area contributed by atoms with Crippen LogP contribution in [0.1, 0.15) is 5.56 Å². The van der Waals surface area contributed by atoms with Gasteiger partial charge in [0, 0.05) is 11.8 Å². The minimum atomic E-state index is 0.0443. The fourth-order valence-corrected chi connectivity index (χ4v) is 0.986. The summed E-state index contributed by atoms with van der Waals surface area (Å²) in [4.78, 5) is 4.07. The highest BCUT2D eigenvalue weighted by molar-refractivity contribution is 5.23. The largest absolute Gasteiger partial charge is 0.475 e. The fraction of sp³-hybridized carbons (Fsp3) is 0.500. The van der Waals surface area contributed by atoms with Gasteiger partial charge in [0.25, 0.3) is 0 Å². The summed E-state index contributed by atoms with van der Waals surface area (Å²) in [6.07, 6.45) is 1.69. The van der Waals surface area contributed by atoms with Gasteiger partial charge in [0.1, 0.15) is 6.61 Å². The first-order valence-corrected chi connectivity index (χ1v) is 4.57. The third kappa shape index (κ3) is 3.72. The molecule has 0 amide bonds. The first-order chi connectivity index (χ1) is 6.84. The van der Waals surface area contributed by atoms with E-state index < -0.39 is 0 Å². The molecule has 0 aromatic carbocycles. The van der Waals surface area contributed by atoms with E-state index in [9.17, 15) is 0 Å². The molecule has 4 heteroatoms. The second kappa shape index (κ2) is 6.34. The molecule has 0 aliphatic rings. The van der Waals surface area contributed by atoms with Crippen molar-refractivity contribution in [2.75, 3.05) is 26.4 Å². The van der Waals surface area contributed by atoms with Gasteiger partial charge in [-0.25, -0.2) is 4.98 Å². The summed E-state index contributed by atoms with van der Waals surface area (Å²) in [5.41, 5.74) is 1.01. The summed E-state index contributed by atoms with van der Waals surface area (Å²) in [5.74, 6) is 0.639. The summed E-state index contributed by atoms with van der Waals surface area (Å²) >= 11 is 0. The van der Waals surface area contributed by atoms with Crippen LogP contribution in [-0.4, -0.2) is 36.5 Å². The lowest BCUT2D eigenvalue weighted by molar-refractivity contribution is 0.0693. The van der Waals surface area contributed by atoms with Crippen molar-refractivity contribution in [3.05, 3.63) is 23.9 Å². The van der Waals surface area contributed by atoms with Gasteiger partial charge in [0.2, 0.25) is 5.88 Å². The van der Waals surface area contributed by atoms with Crippen molar-refractivity contribution in [1.29, 1.82) is 0 Å². The molecule has 0 saturated heterocycles. The zero-order chi connectivity index (χ0) is 10.2. The van der Waals surface area contributed by atoms with Crippen molar-refractivity contribution in [2.24, 2.45) is 0 Å². The van der Waals surface area contributed by atoms with Crippen LogP contribution in [0.4, 0.5) is 0 Å². The van der Waals surface area contributed by atoms with Gasteiger partial charge in [0.05, 0.1) is 19.8 Å². The first kappa shape index (κ1) is 10.9. The molecule has 0 spiro atoms. The minimum Gasteiger partial charge on any atom is -0.475 e. The zero-order valence-corrected chi connectivity index (χ0v) is 8.27. The van der Waals surface area contributed by atoms with Crippen molar-refractivity contribution in [3.63, 3.8) is 0 Å². The molecule has 78 valence electrons. The lowest BCUT2D eigenvalue weighted by Gasteiger charge is -2.07. The topological polar surface area (TPSA) is 51.6 Å². The molecule has 0 saturated carbocycles. The predicted octanol–water partition coefficient (Wildman–Crippen LogP) is 0.778. The second-order valence-corrected chi connectivity index (χ2v) is 2.81. The highest BCUT2D eigenvalue weighted by Crippen LogP contribution is 2.11. The number of pyridine rings is 1. The van der Waals surface area contributed by atoms with Crippen molar-refractivity contribution in [2.45, 2.75) is 6.92 Å². The van der Waals surface area contributed by atoms with Crippen LogP contribution < -0.4 is 4.74 Å². The second-order valence-electron chi connectivity index (χ2n) is 2.81. The predicted molar refractivity (Wildman–Crippen MR) is 52.4 cm³/mol. The normalized spacial score (nSPS) is 10.1. The Bertz CT molecular complexity index is 265. The summed E-state index contributed by atoms with van der Waals surface area (Å²) < 4.78 is 10.4. The van der Waals surface area contributed by atoms with E-state index in [1.165, 1.54) is 0 Å². The molecule has 4 nitrogen and oxygen atoms in total. The molecule has 1 N–H and O–H groups in total. The molecule has 0 fully saturated rings. The van der Waals surface area contributed by atoms with E-state index in [1.807, 2.05) is 19.1 Å². The highest BCUT2D eigenvalue weighted by Gasteiger charge is 1.98. The Balaban J connectivity index is 2.21. The van der Waals surface area contributed by atoms with Crippen molar-refractivity contribution >= 4 is 0 Å². The van der Waals surface area contributed by atoms with Crippen molar-refractivity contribution < 1.29 is 14.6 Å². The standard InChI is InChI=1S/C10H15NO3/c1-9-3-2-4-11-10(9)14-8-7-13-6-5-12/h2-4,12H,5-8H2,1H3. The quantitative estimate of drug-likeness (QED) is 0.685. The van der Waals surface area contributed by atoms with E-state index in [0.29, 0.717) is 25.7 Å². The van der Waals surface area contributed by atoms with Gasteiger partial charge < -0.3 is 14.6 Å². The SMILES string of the molecule is Cc1cccnc1OCCOCCO. The molecule has 14 heavy (non-hydrogen) atoms. The monoisotopic (exact) mass is 197 g/mol. The Hall–Kier alpha value is -1.13. The van der Waals surface area contributed by atoms with E-state index >= 15 is 0 Å². The Kier molecular flexibility index (Phi) is 4.96. The zero-order valence-electron chi connectivity index (χ0n) is 8.27. The van der Waals surface area contributed by atoms with Gasteiger partial charge >= 0.3 is 0 Å². The summed E-state index contributed by atoms with van der Waals surface area (Å²) in [6.45, 7) is 3.26. The number of hydrogen-bond acceptors (Lipinski definition) is 4. The Labute approximate surface area is 83.5 Å². The van der Waals surface area contributed by atoms with Gasteiger partial charge in [-0.2, -0.15) is 0 Å². The van der Waals surface area contributed by atoms with Crippen LogP contribution in [0.25, 0.3) is 0 Å².